The van der Waals surface area contributed by atoms with E-state index in [-0.39, 0.29) is 6.54 Å². The van der Waals surface area contributed by atoms with Gasteiger partial charge >= 0.3 is 6.03 Å². The molecule has 2 atom stereocenters. The van der Waals surface area contributed by atoms with E-state index in [1.54, 1.807) is 0 Å². The fourth-order valence-electron chi connectivity index (χ4n) is 1.24. The number of hydrogen-bond acceptors (Lipinski definition) is 4. The first-order valence-electron chi connectivity index (χ1n) is 4.92. The highest BCUT2D eigenvalue weighted by Gasteiger charge is 2.34. The standard InChI is InChI=1S/C9H12ClN3O4/c1-4(10)7(15)12-9(17)13-3-6(14)11-8(16)5(13)2/h4-5H,3H2,1-2H3,(H,11,14,16)(H,12,15,17). The Kier molecular flexibility index (Phi) is 4.06. The van der Waals surface area contributed by atoms with Crippen LogP contribution in [0.1, 0.15) is 13.8 Å². The Morgan fingerprint density at radius 3 is 2.65 bits per heavy atom. The maximum atomic E-state index is 11.6. The van der Waals surface area contributed by atoms with Crippen LogP contribution in [0.15, 0.2) is 0 Å². The van der Waals surface area contributed by atoms with Crippen LogP contribution in [0, 0.1) is 0 Å². The highest BCUT2D eigenvalue weighted by atomic mass is 35.5. The molecule has 0 radical (unpaired) electrons. The van der Waals surface area contributed by atoms with E-state index < -0.39 is 35.2 Å². The maximum Gasteiger partial charge on any atom is 0.325 e. The van der Waals surface area contributed by atoms with E-state index in [9.17, 15) is 19.2 Å². The van der Waals surface area contributed by atoms with E-state index in [4.69, 9.17) is 11.6 Å². The van der Waals surface area contributed by atoms with Crippen LogP contribution in [-0.4, -0.2) is 46.6 Å². The maximum absolute atomic E-state index is 11.6. The number of hydrogen-bond donors (Lipinski definition) is 2. The van der Waals surface area contributed by atoms with Crippen LogP contribution in [0.4, 0.5) is 4.79 Å². The molecule has 2 unspecified atom stereocenters. The third-order valence-electron chi connectivity index (χ3n) is 2.28. The molecule has 0 aromatic heterocycles. The highest BCUT2D eigenvalue weighted by molar-refractivity contribution is 6.31. The van der Waals surface area contributed by atoms with Gasteiger partial charge in [0.2, 0.25) is 17.7 Å². The molecular weight excluding hydrogens is 250 g/mol. The van der Waals surface area contributed by atoms with Crippen molar-refractivity contribution < 1.29 is 19.2 Å². The molecule has 0 bridgehead atoms. The van der Waals surface area contributed by atoms with Crippen molar-refractivity contribution in [3.05, 3.63) is 0 Å². The first-order chi connectivity index (χ1) is 7.82. The Morgan fingerprint density at radius 1 is 1.53 bits per heavy atom. The van der Waals surface area contributed by atoms with Crippen molar-refractivity contribution in [1.29, 1.82) is 0 Å². The van der Waals surface area contributed by atoms with Gasteiger partial charge in [0.1, 0.15) is 18.0 Å². The zero-order valence-corrected chi connectivity index (χ0v) is 10.1. The minimum absolute atomic E-state index is 0.275. The molecule has 1 saturated heterocycles. The smallest absolute Gasteiger partial charge is 0.303 e. The molecule has 17 heavy (non-hydrogen) atoms. The molecule has 0 aromatic carbocycles. The Bertz CT molecular complexity index is 382. The number of nitrogens with one attached hydrogen (secondary N) is 2. The van der Waals surface area contributed by atoms with Crippen molar-refractivity contribution in [2.75, 3.05) is 6.54 Å². The lowest BCUT2D eigenvalue weighted by Crippen LogP contribution is -2.61. The molecule has 1 aliphatic rings. The van der Waals surface area contributed by atoms with Gasteiger partial charge in [-0.15, -0.1) is 11.6 Å². The van der Waals surface area contributed by atoms with Crippen LogP contribution >= 0.6 is 11.6 Å². The second-order valence-electron chi connectivity index (χ2n) is 3.63. The largest absolute Gasteiger partial charge is 0.325 e. The van der Waals surface area contributed by atoms with Crippen LogP contribution in [0.2, 0.25) is 0 Å². The molecule has 1 rings (SSSR count). The van der Waals surface area contributed by atoms with Gasteiger partial charge in [0.15, 0.2) is 0 Å². The first kappa shape index (κ1) is 13.4. The average molecular weight is 262 g/mol. The molecule has 0 aliphatic carbocycles. The molecule has 0 saturated carbocycles. The summed E-state index contributed by atoms with van der Waals surface area (Å²) in [7, 11) is 0. The fraction of sp³-hybridized carbons (Fsp3) is 0.556. The summed E-state index contributed by atoms with van der Waals surface area (Å²) in [5.74, 6) is -1.85. The molecule has 8 heteroatoms. The summed E-state index contributed by atoms with van der Waals surface area (Å²) < 4.78 is 0. The predicted molar refractivity (Wildman–Crippen MR) is 58.2 cm³/mol. The Morgan fingerprint density at radius 2 is 2.12 bits per heavy atom. The number of nitrogens with zero attached hydrogens (tertiary/aromatic N) is 1. The van der Waals surface area contributed by atoms with E-state index in [2.05, 4.69) is 5.32 Å². The van der Waals surface area contributed by atoms with Crippen molar-refractivity contribution >= 4 is 35.4 Å². The Labute approximate surface area is 102 Å². The minimum Gasteiger partial charge on any atom is -0.303 e. The van der Waals surface area contributed by atoms with Gasteiger partial charge in [0.25, 0.3) is 0 Å². The molecule has 94 valence electrons. The normalized spacial score (nSPS) is 21.8. The summed E-state index contributed by atoms with van der Waals surface area (Å²) in [5.41, 5.74) is 0. The van der Waals surface area contributed by atoms with E-state index >= 15 is 0 Å². The molecule has 1 heterocycles. The monoisotopic (exact) mass is 261 g/mol. The average Bonchev–Trinajstić information content (AvgIpc) is 2.22. The number of piperazine rings is 1. The lowest BCUT2D eigenvalue weighted by atomic mass is 10.2. The van der Waals surface area contributed by atoms with Crippen molar-refractivity contribution in [3.8, 4) is 0 Å². The van der Waals surface area contributed by atoms with Crippen molar-refractivity contribution in [3.63, 3.8) is 0 Å². The minimum atomic E-state index is -0.872. The molecule has 7 nitrogen and oxygen atoms in total. The number of amides is 5. The summed E-state index contributed by atoms with van der Waals surface area (Å²) in [6, 6.07) is -1.62. The number of rotatable bonds is 1. The SMILES string of the molecule is CC(Cl)C(=O)NC(=O)N1CC(=O)NC(=O)C1C. The molecule has 2 N–H and O–H groups in total. The number of urea groups is 1. The van der Waals surface area contributed by atoms with E-state index in [0.717, 1.165) is 4.90 Å². The van der Waals surface area contributed by atoms with Gasteiger partial charge in [-0.3, -0.25) is 25.0 Å². The third kappa shape index (κ3) is 3.16. The second-order valence-corrected chi connectivity index (χ2v) is 4.28. The number of alkyl halides is 1. The number of halogens is 1. The van der Waals surface area contributed by atoms with Crippen LogP contribution in [0.25, 0.3) is 0 Å². The summed E-state index contributed by atoms with van der Waals surface area (Å²) in [6.07, 6.45) is 0. The zero-order valence-electron chi connectivity index (χ0n) is 9.32. The van der Waals surface area contributed by atoms with Gasteiger partial charge in [-0.05, 0) is 13.8 Å². The topological polar surface area (TPSA) is 95.6 Å². The van der Waals surface area contributed by atoms with Gasteiger partial charge in [0.05, 0.1) is 0 Å². The van der Waals surface area contributed by atoms with E-state index in [1.165, 1.54) is 13.8 Å². The summed E-state index contributed by atoms with van der Waals surface area (Å²) in [4.78, 5) is 46.1. The van der Waals surface area contributed by atoms with E-state index in [1.807, 2.05) is 5.32 Å². The van der Waals surface area contributed by atoms with Crippen molar-refractivity contribution in [1.82, 2.24) is 15.5 Å². The summed E-state index contributed by atoms with van der Waals surface area (Å²) in [6.45, 7) is 2.58. The first-order valence-corrected chi connectivity index (χ1v) is 5.35. The van der Waals surface area contributed by atoms with Gasteiger partial charge in [-0.25, -0.2) is 4.79 Å². The second kappa shape index (κ2) is 5.13. The lowest BCUT2D eigenvalue weighted by Gasteiger charge is -2.31. The number of carbonyl (C=O) groups is 4. The van der Waals surface area contributed by atoms with Gasteiger partial charge < -0.3 is 4.90 Å². The predicted octanol–water partition coefficient (Wildman–Crippen LogP) is -0.803. The summed E-state index contributed by atoms with van der Waals surface area (Å²) in [5, 5.41) is 3.21. The van der Waals surface area contributed by atoms with Crippen molar-refractivity contribution in [2.45, 2.75) is 25.3 Å². The van der Waals surface area contributed by atoms with Crippen LogP contribution in [0.5, 0.6) is 0 Å². The van der Waals surface area contributed by atoms with Gasteiger partial charge in [-0.2, -0.15) is 0 Å². The molecule has 0 spiro atoms. The zero-order chi connectivity index (χ0) is 13.2. The van der Waals surface area contributed by atoms with Crippen molar-refractivity contribution in [2.24, 2.45) is 0 Å². The lowest BCUT2D eigenvalue weighted by molar-refractivity contribution is -0.138. The Balaban J connectivity index is 2.71. The number of imide groups is 2. The molecular formula is C9H12ClN3O4. The highest BCUT2D eigenvalue weighted by Crippen LogP contribution is 2.05. The summed E-state index contributed by atoms with van der Waals surface area (Å²) >= 11 is 5.48. The van der Waals surface area contributed by atoms with E-state index in [0.29, 0.717) is 0 Å². The molecule has 0 aromatic rings. The van der Waals surface area contributed by atoms with Crippen LogP contribution < -0.4 is 10.6 Å². The fourth-order valence-corrected chi connectivity index (χ4v) is 1.29. The van der Waals surface area contributed by atoms with Gasteiger partial charge in [-0.1, -0.05) is 0 Å². The number of carbonyl (C=O) groups excluding carboxylic acids is 4. The van der Waals surface area contributed by atoms with Gasteiger partial charge in [0, 0.05) is 0 Å². The molecule has 5 amide bonds. The molecule has 1 aliphatic heterocycles. The van der Waals surface area contributed by atoms with Crippen LogP contribution in [-0.2, 0) is 14.4 Å². The third-order valence-corrected chi connectivity index (χ3v) is 2.47. The Hall–Kier alpha value is -1.63. The van der Waals surface area contributed by atoms with Crippen LogP contribution in [0.3, 0.4) is 0 Å². The molecule has 1 fully saturated rings. The quantitative estimate of drug-likeness (QED) is 0.477.